The summed E-state index contributed by atoms with van der Waals surface area (Å²) in [5.74, 6) is -0.398. The topological polar surface area (TPSA) is 35.8 Å². The molecule has 96 valence electrons. The highest BCUT2D eigenvalue weighted by Gasteiger charge is 2.02. The molecule has 0 amide bonds. The van der Waals surface area contributed by atoms with Gasteiger partial charge in [-0.05, 0) is 35.7 Å². The third-order valence-corrected chi connectivity index (χ3v) is 3.01. The number of hydrogen-bond acceptors (Lipinski definition) is 2. The van der Waals surface area contributed by atoms with E-state index in [9.17, 15) is 4.39 Å². The largest absolute Gasteiger partial charge is 0.381 e. The van der Waals surface area contributed by atoms with Gasteiger partial charge in [-0.3, -0.25) is 0 Å². The Hall–Kier alpha value is -2.34. The average molecular weight is 254 g/mol. The van der Waals surface area contributed by atoms with Gasteiger partial charge in [0, 0.05) is 12.2 Å². The summed E-state index contributed by atoms with van der Waals surface area (Å²) in [5, 5.41) is 12.0. The number of rotatable bonds is 4. The fourth-order valence-electron chi connectivity index (χ4n) is 2.03. The van der Waals surface area contributed by atoms with E-state index in [4.69, 9.17) is 5.26 Å². The molecule has 0 radical (unpaired) electrons. The van der Waals surface area contributed by atoms with Gasteiger partial charge in [0.05, 0.1) is 11.6 Å². The van der Waals surface area contributed by atoms with Crippen molar-refractivity contribution in [1.29, 1.82) is 5.26 Å². The highest BCUT2D eigenvalue weighted by Crippen LogP contribution is 2.16. The maximum Gasteiger partial charge on any atom is 0.126 e. The van der Waals surface area contributed by atoms with Gasteiger partial charge in [0.1, 0.15) is 5.82 Å². The molecule has 0 spiro atoms. The summed E-state index contributed by atoms with van der Waals surface area (Å²) in [6, 6.07) is 14.4. The molecule has 2 rings (SSSR count). The van der Waals surface area contributed by atoms with Crippen LogP contribution in [0, 0.1) is 17.1 Å². The fraction of sp³-hybridized carbons (Fsp3) is 0.188. The highest BCUT2D eigenvalue weighted by atomic mass is 19.1. The lowest BCUT2D eigenvalue weighted by Gasteiger charge is -2.10. The van der Waals surface area contributed by atoms with Crippen molar-refractivity contribution in [3.63, 3.8) is 0 Å². The van der Waals surface area contributed by atoms with E-state index in [1.807, 2.05) is 18.2 Å². The first-order chi connectivity index (χ1) is 9.22. The molecule has 0 aliphatic rings. The zero-order chi connectivity index (χ0) is 13.7. The van der Waals surface area contributed by atoms with Crippen LogP contribution in [-0.4, -0.2) is 0 Å². The van der Waals surface area contributed by atoms with Crippen molar-refractivity contribution in [1.82, 2.24) is 0 Å². The Morgan fingerprint density at radius 2 is 1.89 bits per heavy atom. The second-order valence-corrected chi connectivity index (χ2v) is 4.32. The highest BCUT2D eigenvalue weighted by molar-refractivity contribution is 5.50. The van der Waals surface area contributed by atoms with Crippen molar-refractivity contribution in [2.75, 3.05) is 5.32 Å². The first-order valence-corrected chi connectivity index (χ1v) is 6.24. The lowest BCUT2D eigenvalue weighted by Crippen LogP contribution is -2.03. The maximum absolute atomic E-state index is 13.3. The lowest BCUT2D eigenvalue weighted by atomic mass is 10.1. The van der Waals surface area contributed by atoms with E-state index in [1.165, 1.54) is 23.3 Å². The van der Waals surface area contributed by atoms with Gasteiger partial charge in [-0.1, -0.05) is 31.2 Å². The second-order valence-electron chi connectivity index (χ2n) is 4.32. The number of halogens is 1. The van der Waals surface area contributed by atoms with E-state index >= 15 is 0 Å². The molecule has 0 bridgehead atoms. The van der Waals surface area contributed by atoms with Crippen LogP contribution >= 0.6 is 0 Å². The zero-order valence-electron chi connectivity index (χ0n) is 10.8. The van der Waals surface area contributed by atoms with Crippen molar-refractivity contribution >= 4 is 5.69 Å². The van der Waals surface area contributed by atoms with Gasteiger partial charge >= 0.3 is 0 Å². The molecule has 0 aliphatic carbocycles. The number of nitriles is 1. The second kappa shape index (κ2) is 6.01. The summed E-state index contributed by atoms with van der Waals surface area (Å²) >= 11 is 0. The van der Waals surface area contributed by atoms with Crippen LogP contribution in [0.25, 0.3) is 0 Å². The van der Waals surface area contributed by atoms with Gasteiger partial charge in [-0.15, -0.1) is 0 Å². The van der Waals surface area contributed by atoms with Crippen LogP contribution in [0.1, 0.15) is 23.6 Å². The molecular weight excluding hydrogens is 239 g/mol. The summed E-state index contributed by atoms with van der Waals surface area (Å²) in [6.07, 6.45) is 0.963. The van der Waals surface area contributed by atoms with E-state index in [1.54, 1.807) is 6.07 Å². The Labute approximate surface area is 112 Å². The Kier molecular flexibility index (Phi) is 4.15. The molecular formula is C16H15FN2. The quantitative estimate of drug-likeness (QED) is 0.899. The molecule has 0 fully saturated rings. The molecule has 0 aliphatic heterocycles. The molecule has 0 saturated carbocycles. The Morgan fingerprint density at radius 1 is 1.16 bits per heavy atom. The number of anilines is 1. The van der Waals surface area contributed by atoms with E-state index in [0.29, 0.717) is 17.8 Å². The van der Waals surface area contributed by atoms with Gasteiger partial charge in [0.15, 0.2) is 0 Å². The smallest absolute Gasteiger partial charge is 0.126 e. The van der Waals surface area contributed by atoms with Gasteiger partial charge in [0.25, 0.3) is 0 Å². The molecule has 3 heteroatoms. The summed E-state index contributed by atoms with van der Waals surface area (Å²) in [7, 11) is 0. The minimum Gasteiger partial charge on any atom is -0.381 e. The normalized spacial score (nSPS) is 9.95. The van der Waals surface area contributed by atoms with Crippen molar-refractivity contribution in [3.05, 3.63) is 65.0 Å². The van der Waals surface area contributed by atoms with Crippen molar-refractivity contribution in [3.8, 4) is 6.07 Å². The molecule has 0 saturated heterocycles. The predicted molar refractivity (Wildman–Crippen MR) is 74.3 cm³/mol. The lowest BCUT2D eigenvalue weighted by molar-refractivity contribution is 0.627. The number of aryl methyl sites for hydroxylation is 1. The van der Waals surface area contributed by atoms with Crippen LogP contribution in [0.15, 0.2) is 42.5 Å². The SMILES string of the molecule is CCc1ccccc1CNc1cc(F)cc(C#N)c1. The minimum atomic E-state index is -0.398. The average Bonchev–Trinajstić information content (AvgIpc) is 2.44. The molecule has 2 aromatic rings. The summed E-state index contributed by atoms with van der Waals surface area (Å²) < 4.78 is 13.3. The van der Waals surface area contributed by atoms with Crippen molar-refractivity contribution in [2.45, 2.75) is 19.9 Å². The number of nitrogens with one attached hydrogen (secondary N) is 1. The van der Waals surface area contributed by atoms with E-state index in [0.717, 1.165) is 6.42 Å². The monoisotopic (exact) mass is 254 g/mol. The number of hydrogen-bond donors (Lipinski definition) is 1. The first kappa shape index (κ1) is 13.1. The maximum atomic E-state index is 13.3. The zero-order valence-corrected chi connectivity index (χ0v) is 10.8. The number of benzene rings is 2. The van der Waals surface area contributed by atoms with Gasteiger partial charge in [-0.2, -0.15) is 5.26 Å². The fourth-order valence-corrected chi connectivity index (χ4v) is 2.03. The van der Waals surface area contributed by atoms with Crippen LogP contribution in [0.3, 0.4) is 0 Å². The van der Waals surface area contributed by atoms with Gasteiger partial charge in [-0.25, -0.2) is 4.39 Å². The van der Waals surface area contributed by atoms with Crippen LogP contribution in [0.2, 0.25) is 0 Å². The molecule has 0 atom stereocenters. The molecule has 2 nitrogen and oxygen atoms in total. The van der Waals surface area contributed by atoms with E-state index in [2.05, 4.69) is 24.4 Å². The minimum absolute atomic E-state index is 0.325. The number of nitrogens with zero attached hydrogens (tertiary/aromatic N) is 1. The van der Waals surface area contributed by atoms with E-state index in [-0.39, 0.29) is 0 Å². The van der Waals surface area contributed by atoms with Crippen LogP contribution in [-0.2, 0) is 13.0 Å². The van der Waals surface area contributed by atoms with E-state index < -0.39 is 5.82 Å². The Bertz CT molecular complexity index is 614. The van der Waals surface area contributed by atoms with Crippen LogP contribution in [0.5, 0.6) is 0 Å². The molecule has 19 heavy (non-hydrogen) atoms. The summed E-state index contributed by atoms with van der Waals surface area (Å²) in [6.45, 7) is 2.73. The molecule has 2 aromatic carbocycles. The van der Waals surface area contributed by atoms with Crippen LogP contribution in [0.4, 0.5) is 10.1 Å². The summed E-state index contributed by atoms with van der Waals surface area (Å²) in [5.41, 5.74) is 3.41. The third-order valence-electron chi connectivity index (χ3n) is 3.01. The summed E-state index contributed by atoms with van der Waals surface area (Å²) in [4.78, 5) is 0. The molecule has 0 unspecified atom stereocenters. The third kappa shape index (κ3) is 3.32. The first-order valence-electron chi connectivity index (χ1n) is 6.24. The standard InChI is InChI=1S/C16H15FN2/c1-2-13-5-3-4-6-14(13)11-19-16-8-12(10-18)7-15(17)9-16/h3-9,19H,2,11H2,1H3. The Balaban J connectivity index is 2.15. The molecule has 1 N–H and O–H groups in total. The predicted octanol–water partition coefficient (Wildman–Crippen LogP) is 3.87. The van der Waals surface area contributed by atoms with Crippen molar-refractivity contribution in [2.24, 2.45) is 0 Å². The van der Waals surface area contributed by atoms with Gasteiger partial charge in [0.2, 0.25) is 0 Å². The molecule has 0 aromatic heterocycles. The van der Waals surface area contributed by atoms with Crippen molar-refractivity contribution < 1.29 is 4.39 Å². The van der Waals surface area contributed by atoms with Crippen LogP contribution < -0.4 is 5.32 Å². The Morgan fingerprint density at radius 3 is 2.58 bits per heavy atom. The molecule has 0 heterocycles. The van der Waals surface area contributed by atoms with Gasteiger partial charge < -0.3 is 5.32 Å².